The van der Waals surface area contributed by atoms with Crippen molar-refractivity contribution in [3.05, 3.63) is 77.1 Å². The van der Waals surface area contributed by atoms with Crippen molar-refractivity contribution in [2.45, 2.75) is 13.5 Å². The van der Waals surface area contributed by atoms with Gasteiger partial charge in [-0.2, -0.15) is 0 Å². The van der Waals surface area contributed by atoms with Crippen molar-refractivity contribution in [3.63, 3.8) is 0 Å². The predicted octanol–water partition coefficient (Wildman–Crippen LogP) is 5.19. The van der Waals surface area contributed by atoms with Crippen molar-refractivity contribution in [1.29, 1.82) is 0 Å². The maximum Gasteiger partial charge on any atom is 0.258 e. The van der Waals surface area contributed by atoms with Gasteiger partial charge in [-0.05, 0) is 50.3 Å². The molecule has 176 valence electrons. The first-order chi connectivity index (χ1) is 16.9. The molecule has 3 aromatic heterocycles. The molecule has 3 heterocycles. The van der Waals surface area contributed by atoms with E-state index < -0.39 is 0 Å². The van der Waals surface area contributed by atoms with Crippen molar-refractivity contribution in [1.82, 2.24) is 19.9 Å². The van der Waals surface area contributed by atoms with Gasteiger partial charge in [-0.15, -0.1) is 11.3 Å². The Hall–Kier alpha value is -4.08. The Balaban J connectivity index is 1.49. The number of fused-ring (bicyclic) bond motifs is 2. The summed E-state index contributed by atoms with van der Waals surface area (Å²) < 4.78 is 0.708. The van der Waals surface area contributed by atoms with Crippen LogP contribution < -0.4 is 16.4 Å². The molecule has 0 atom stereocenters. The van der Waals surface area contributed by atoms with Gasteiger partial charge in [-0.25, -0.2) is 15.0 Å². The minimum Gasteiger partial charge on any atom is -0.382 e. The lowest BCUT2D eigenvalue weighted by atomic mass is 10.0. The number of nitrogen functional groups attached to an aromatic ring is 1. The van der Waals surface area contributed by atoms with E-state index in [1.165, 1.54) is 23.2 Å². The molecular weight excluding hydrogens is 458 g/mol. The van der Waals surface area contributed by atoms with Crippen molar-refractivity contribution in [2.24, 2.45) is 0 Å². The Kier molecular flexibility index (Phi) is 6.02. The van der Waals surface area contributed by atoms with Gasteiger partial charge in [0.15, 0.2) is 0 Å². The summed E-state index contributed by atoms with van der Waals surface area (Å²) in [6, 6.07) is 14.2. The molecule has 4 N–H and O–H groups in total. The third kappa shape index (κ3) is 4.51. The van der Waals surface area contributed by atoms with E-state index in [2.05, 4.69) is 42.6 Å². The Morgan fingerprint density at radius 1 is 1.09 bits per heavy atom. The summed E-state index contributed by atoms with van der Waals surface area (Å²) in [6.45, 7) is 2.82. The van der Waals surface area contributed by atoms with Crippen molar-refractivity contribution in [2.75, 3.05) is 30.5 Å². The summed E-state index contributed by atoms with van der Waals surface area (Å²) in [5.74, 6) is 0.853. The zero-order valence-corrected chi connectivity index (χ0v) is 20.5. The van der Waals surface area contributed by atoms with Crippen LogP contribution in [0, 0.1) is 6.92 Å². The SMILES string of the molecule is Cc1ccc2c(Nc3cccc(CN(C)C)c3)nccc2c1NC(=O)c1csc2c(N)ncnc12. The molecule has 0 aliphatic carbocycles. The maximum absolute atomic E-state index is 13.3. The number of aryl methyl sites for hydroxylation is 1. The van der Waals surface area contributed by atoms with Crippen molar-refractivity contribution < 1.29 is 4.79 Å². The molecule has 2 aromatic carbocycles. The van der Waals surface area contributed by atoms with Crippen molar-refractivity contribution in [3.8, 4) is 0 Å². The lowest BCUT2D eigenvalue weighted by Crippen LogP contribution is -2.13. The third-order valence-electron chi connectivity index (χ3n) is 5.71. The van der Waals surface area contributed by atoms with Gasteiger partial charge >= 0.3 is 0 Å². The second-order valence-electron chi connectivity index (χ2n) is 8.62. The van der Waals surface area contributed by atoms with Crippen LogP contribution in [0.25, 0.3) is 21.0 Å². The number of anilines is 4. The van der Waals surface area contributed by atoms with Gasteiger partial charge in [-0.1, -0.05) is 24.3 Å². The van der Waals surface area contributed by atoms with E-state index in [1.54, 1.807) is 11.6 Å². The summed E-state index contributed by atoms with van der Waals surface area (Å²) >= 11 is 1.36. The molecule has 0 saturated heterocycles. The number of benzene rings is 2. The number of nitrogens with zero attached hydrogens (tertiary/aromatic N) is 4. The summed E-state index contributed by atoms with van der Waals surface area (Å²) in [5.41, 5.74) is 10.8. The smallest absolute Gasteiger partial charge is 0.258 e. The lowest BCUT2D eigenvalue weighted by molar-refractivity contribution is 0.102. The molecule has 0 unspecified atom stereocenters. The first-order valence-electron chi connectivity index (χ1n) is 11.1. The highest BCUT2D eigenvalue weighted by molar-refractivity contribution is 7.18. The number of hydrogen-bond acceptors (Lipinski definition) is 8. The van der Waals surface area contributed by atoms with E-state index in [4.69, 9.17) is 5.73 Å². The molecular formula is C26H25N7OS. The van der Waals surface area contributed by atoms with Crippen LogP contribution in [0.2, 0.25) is 0 Å². The van der Waals surface area contributed by atoms with Crippen LogP contribution in [0.3, 0.4) is 0 Å². The summed E-state index contributed by atoms with van der Waals surface area (Å²) in [5, 5.41) is 10.1. The van der Waals surface area contributed by atoms with Gasteiger partial charge < -0.3 is 21.3 Å². The average molecular weight is 484 g/mol. The molecule has 0 aliphatic heterocycles. The number of carbonyl (C=O) groups excluding carboxylic acids is 1. The lowest BCUT2D eigenvalue weighted by Gasteiger charge is -2.15. The highest BCUT2D eigenvalue weighted by Crippen LogP contribution is 2.34. The number of thiophene rings is 1. The number of nitrogens with two attached hydrogens (primary N) is 1. The topological polar surface area (TPSA) is 109 Å². The van der Waals surface area contributed by atoms with Gasteiger partial charge in [0.2, 0.25) is 0 Å². The number of nitrogens with one attached hydrogen (secondary N) is 2. The molecule has 8 nitrogen and oxygen atoms in total. The molecule has 9 heteroatoms. The third-order valence-corrected chi connectivity index (χ3v) is 6.70. The van der Waals surface area contributed by atoms with Crippen LogP contribution in [0.15, 0.2) is 60.4 Å². The second kappa shape index (κ2) is 9.28. The van der Waals surface area contributed by atoms with Crippen LogP contribution in [0.4, 0.5) is 23.0 Å². The molecule has 35 heavy (non-hydrogen) atoms. The fourth-order valence-corrected chi connectivity index (χ4v) is 4.99. The van der Waals surface area contributed by atoms with Crippen LogP contribution in [-0.2, 0) is 6.54 Å². The molecule has 0 radical (unpaired) electrons. The quantitative estimate of drug-likeness (QED) is 0.305. The number of amides is 1. The summed E-state index contributed by atoms with van der Waals surface area (Å²) in [6.07, 6.45) is 3.12. The Morgan fingerprint density at radius 2 is 1.94 bits per heavy atom. The van der Waals surface area contributed by atoms with E-state index in [0.717, 1.165) is 40.1 Å². The van der Waals surface area contributed by atoms with Crippen LogP contribution in [-0.4, -0.2) is 39.9 Å². The Labute approximate surface area is 206 Å². The molecule has 1 amide bonds. The van der Waals surface area contributed by atoms with Gasteiger partial charge in [-0.3, -0.25) is 4.79 Å². The predicted molar refractivity (Wildman–Crippen MR) is 143 cm³/mol. The number of pyridine rings is 1. The van der Waals surface area contributed by atoms with E-state index >= 15 is 0 Å². The van der Waals surface area contributed by atoms with Crippen LogP contribution >= 0.6 is 11.3 Å². The Morgan fingerprint density at radius 3 is 2.77 bits per heavy atom. The van der Waals surface area contributed by atoms with Crippen LogP contribution in [0.5, 0.6) is 0 Å². The average Bonchev–Trinajstić information content (AvgIpc) is 3.26. The van der Waals surface area contributed by atoms with Gasteiger partial charge in [0, 0.05) is 34.6 Å². The first kappa shape index (κ1) is 22.7. The number of rotatable bonds is 6. The van der Waals surface area contributed by atoms with Crippen molar-refractivity contribution >= 4 is 61.2 Å². The van der Waals surface area contributed by atoms with E-state index in [-0.39, 0.29) is 5.91 Å². The van der Waals surface area contributed by atoms with E-state index in [1.807, 2.05) is 51.4 Å². The normalized spacial score (nSPS) is 11.3. The molecule has 0 saturated carbocycles. The fourth-order valence-electron chi connectivity index (χ4n) is 4.09. The molecule has 5 rings (SSSR count). The molecule has 0 bridgehead atoms. The van der Waals surface area contributed by atoms with Gasteiger partial charge in [0.1, 0.15) is 18.0 Å². The Bertz CT molecular complexity index is 1560. The molecule has 0 fully saturated rings. The molecule has 0 spiro atoms. The largest absolute Gasteiger partial charge is 0.382 e. The number of hydrogen-bond donors (Lipinski definition) is 3. The zero-order chi connectivity index (χ0) is 24.5. The fraction of sp³-hybridized carbons (Fsp3) is 0.154. The van der Waals surface area contributed by atoms with E-state index in [0.29, 0.717) is 21.6 Å². The first-order valence-corrected chi connectivity index (χ1v) is 12.0. The van der Waals surface area contributed by atoms with Gasteiger partial charge in [0.25, 0.3) is 5.91 Å². The number of carbonyl (C=O) groups is 1. The van der Waals surface area contributed by atoms with E-state index in [9.17, 15) is 4.79 Å². The molecule has 5 aromatic rings. The zero-order valence-electron chi connectivity index (χ0n) is 19.7. The van der Waals surface area contributed by atoms with Gasteiger partial charge in [0.05, 0.1) is 21.5 Å². The monoisotopic (exact) mass is 483 g/mol. The summed E-state index contributed by atoms with van der Waals surface area (Å²) in [4.78, 5) is 28.2. The standard InChI is InChI=1S/C26H25N7OS/c1-15-7-8-19-18(9-10-28-25(19)31-17-6-4-5-16(11-17)12-33(2)3)21(15)32-26(34)20-13-35-23-22(20)29-14-30-24(23)27/h4-11,13-14H,12H2,1-3H3,(H,28,31)(H,32,34)(H2,27,29,30). The number of aromatic nitrogens is 3. The minimum atomic E-state index is -0.243. The second-order valence-corrected chi connectivity index (χ2v) is 9.50. The highest BCUT2D eigenvalue weighted by Gasteiger charge is 2.18. The maximum atomic E-state index is 13.3. The highest BCUT2D eigenvalue weighted by atomic mass is 32.1. The summed E-state index contributed by atoms with van der Waals surface area (Å²) in [7, 11) is 4.09. The minimum absolute atomic E-state index is 0.243. The molecule has 0 aliphatic rings. The van der Waals surface area contributed by atoms with Crippen LogP contribution in [0.1, 0.15) is 21.5 Å².